The summed E-state index contributed by atoms with van der Waals surface area (Å²) in [5, 5.41) is 3.83. The molecule has 6 heteroatoms. The van der Waals surface area contributed by atoms with Crippen molar-refractivity contribution in [3.8, 4) is 11.1 Å². The Kier molecular flexibility index (Phi) is 4.58. The van der Waals surface area contributed by atoms with Crippen LogP contribution in [-0.4, -0.2) is 45.9 Å². The number of nitrogens with one attached hydrogen (secondary N) is 1. The van der Waals surface area contributed by atoms with Gasteiger partial charge in [0.15, 0.2) is 0 Å². The Morgan fingerprint density at radius 2 is 2.00 bits per heavy atom. The lowest BCUT2D eigenvalue weighted by molar-refractivity contribution is -0.121. The molecule has 2 aromatic heterocycles. The number of pyridine rings is 1. The molecule has 1 saturated heterocycles. The van der Waals surface area contributed by atoms with Crippen LogP contribution in [-0.2, 0) is 4.79 Å². The van der Waals surface area contributed by atoms with Crippen LogP contribution in [0, 0.1) is 5.92 Å². The quantitative estimate of drug-likeness (QED) is 0.789. The van der Waals surface area contributed by atoms with Gasteiger partial charge in [0.25, 0.3) is 0 Å². The molecule has 0 aliphatic carbocycles. The first kappa shape index (κ1) is 16.6. The van der Waals surface area contributed by atoms with Gasteiger partial charge in [0.1, 0.15) is 0 Å². The number of likely N-dealkylation sites (tertiary alicyclic amines) is 1. The molecule has 0 bridgehead atoms. The van der Waals surface area contributed by atoms with Crippen molar-refractivity contribution in [2.75, 3.05) is 25.5 Å². The van der Waals surface area contributed by atoms with Crippen molar-refractivity contribution in [1.82, 2.24) is 19.9 Å². The van der Waals surface area contributed by atoms with E-state index in [2.05, 4.69) is 32.2 Å². The van der Waals surface area contributed by atoms with Crippen molar-refractivity contribution in [2.45, 2.75) is 12.8 Å². The van der Waals surface area contributed by atoms with E-state index in [1.807, 2.05) is 36.5 Å². The largest absolute Gasteiger partial charge is 0.306 e. The van der Waals surface area contributed by atoms with E-state index in [0.29, 0.717) is 5.95 Å². The number of amides is 1. The molecule has 1 N–H and O–H groups in total. The molecule has 0 radical (unpaired) electrons. The summed E-state index contributed by atoms with van der Waals surface area (Å²) in [5.41, 5.74) is 2.88. The predicted octanol–water partition coefficient (Wildman–Crippen LogP) is 2.97. The fourth-order valence-corrected chi connectivity index (χ4v) is 3.28. The number of fused-ring (bicyclic) bond motifs is 1. The second kappa shape index (κ2) is 7.17. The monoisotopic (exact) mass is 347 g/mol. The zero-order valence-electron chi connectivity index (χ0n) is 14.7. The number of carbonyl (C=O) groups excluding carboxylic acids is 1. The van der Waals surface area contributed by atoms with Crippen LogP contribution in [0.5, 0.6) is 0 Å². The summed E-state index contributed by atoms with van der Waals surface area (Å²) < 4.78 is 0. The van der Waals surface area contributed by atoms with Gasteiger partial charge in [-0.25, -0.2) is 9.97 Å². The van der Waals surface area contributed by atoms with Crippen molar-refractivity contribution in [3.63, 3.8) is 0 Å². The third-order valence-corrected chi connectivity index (χ3v) is 4.90. The molecular formula is C20H21N5O. The molecule has 0 saturated carbocycles. The molecular weight excluding hydrogens is 326 g/mol. The van der Waals surface area contributed by atoms with E-state index in [4.69, 9.17) is 0 Å². The van der Waals surface area contributed by atoms with Crippen LogP contribution in [0.25, 0.3) is 22.0 Å². The van der Waals surface area contributed by atoms with Gasteiger partial charge in [-0.15, -0.1) is 0 Å². The number of nitrogens with zero attached hydrogens (tertiary/aromatic N) is 4. The molecule has 1 fully saturated rings. The number of rotatable bonds is 3. The lowest BCUT2D eigenvalue weighted by Gasteiger charge is -2.27. The standard InChI is InChI=1S/C20H21N5O/c1-25-9-6-14(7-10-25)19(26)24-20-22-13-17-5-4-15(11-18(17)23-20)16-3-2-8-21-12-16/h2-5,8,11-14H,6-7,9-10H2,1H3,(H,22,23,24,26). The number of carbonyl (C=O) groups is 1. The van der Waals surface area contributed by atoms with Gasteiger partial charge in [-0.05, 0) is 50.7 Å². The second-order valence-corrected chi connectivity index (χ2v) is 6.78. The minimum absolute atomic E-state index is 0.0147. The van der Waals surface area contributed by atoms with Crippen molar-refractivity contribution >= 4 is 22.8 Å². The van der Waals surface area contributed by atoms with Crippen LogP contribution < -0.4 is 5.32 Å². The summed E-state index contributed by atoms with van der Waals surface area (Å²) in [6, 6.07) is 9.93. The van der Waals surface area contributed by atoms with Gasteiger partial charge in [0.05, 0.1) is 5.52 Å². The minimum atomic E-state index is 0.0147. The smallest absolute Gasteiger partial charge is 0.229 e. The van der Waals surface area contributed by atoms with Crippen molar-refractivity contribution < 1.29 is 4.79 Å². The van der Waals surface area contributed by atoms with E-state index in [1.54, 1.807) is 12.4 Å². The maximum atomic E-state index is 12.5. The average Bonchev–Trinajstić information content (AvgIpc) is 2.68. The molecule has 3 heterocycles. The minimum Gasteiger partial charge on any atom is -0.306 e. The molecule has 0 unspecified atom stereocenters. The zero-order chi connectivity index (χ0) is 17.9. The van der Waals surface area contributed by atoms with Crippen molar-refractivity contribution in [3.05, 3.63) is 48.9 Å². The van der Waals surface area contributed by atoms with Crippen molar-refractivity contribution in [1.29, 1.82) is 0 Å². The fourth-order valence-electron chi connectivity index (χ4n) is 3.28. The van der Waals surface area contributed by atoms with Crippen LogP contribution in [0.1, 0.15) is 12.8 Å². The van der Waals surface area contributed by atoms with Crippen LogP contribution in [0.3, 0.4) is 0 Å². The second-order valence-electron chi connectivity index (χ2n) is 6.78. The fraction of sp³-hybridized carbons (Fsp3) is 0.300. The molecule has 1 amide bonds. The highest BCUT2D eigenvalue weighted by Crippen LogP contribution is 2.23. The van der Waals surface area contributed by atoms with Crippen LogP contribution in [0.2, 0.25) is 0 Å². The molecule has 0 spiro atoms. The Bertz CT molecular complexity index is 920. The Balaban J connectivity index is 1.55. The highest BCUT2D eigenvalue weighted by atomic mass is 16.2. The number of benzene rings is 1. The van der Waals surface area contributed by atoms with Gasteiger partial charge in [0.2, 0.25) is 11.9 Å². The highest BCUT2D eigenvalue weighted by Gasteiger charge is 2.23. The van der Waals surface area contributed by atoms with E-state index in [1.165, 1.54) is 0 Å². The number of hydrogen-bond donors (Lipinski definition) is 1. The van der Waals surface area contributed by atoms with Gasteiger partial charge >= 0.3 is 0 Å². The summed E-state index contributed by atoms with van der Waals surface area (Å²) in [4.78, 5) is 27.7. The first-order valence-corrected chi connectivity index (χ1v) is 8.86. The van der Waals surface area contributed by atoms with E-state index >= 15 is 0 Å². The molecule has 0 atom stereocenters. The van der Waals surface area contributed by atoms with E-state index in [-0.39, 0.29) is 11.8 Å². The first-order valence-electron chi connectivity index (χ1n) is 8.86. The Morgan fingerprint density at radius 1 is 1.15 bits per heavy atom. The van der Waals surface area contributed by atoms with Crippen LogP contribution in [0.15, 0.2) is 48.9 Å². The third-order valence-electron chi connectivity index (χ3n) is 4.90. The Labute approximate surface area is 152 Å². The topological polar surface area (TPSA) is 71.0 Å². The molecule has 6 nitrogen and oxygen atoms in total. The maximum Gasteiger partial charge on any atom is 0.229 e. The normalized spacial score (nSPS) is 15.9. The average molecular weight is 347 g/mol. The molecule has 4 rings (SSSR count). The third kappa shape index (κ3) is 3.55. The Morgan fingerprint density at radius 3 is 2.77 bits per heavy atom. The lowest BCUT2D eigenvalue weighted by Crippen LogP contribution is -2.36. The number of piperidine rings is 1. The van der Waals surface area contributed by atoms with Crippen LogP contribution >= 0.6 is 0 Å². The number of hydrogen-bond acceptors (Lipinski definition) is 5. The summed E-state index contributed by atoms with van der Waals surface area (Å²) in [6.07, 6.45) is 7.08. The number of anilines is 1. The van der Waals surface area contributed by atoms with Crippen LogP contribution in [0.4, 0.5) is 5.95 Å². The molecule has 26 heavy (non-hydrogen) atoms. The SMILES string of the molecule is CN1CCC(C(=O)Nc2ncc3ccc(-c4cccnc4)cc3n2)CC1. The van der Waals surface area contributed by atoms with E-state index in [0.717, 1.165) is 48.0 Å². The van der Waals surface area contributed by atoms with E-state index < -0.39 is 0 Å². The molecule has 3 aromatic rings. The molecule has 132 valence electrons. The molecule has 1 aliphatic heterocycles. The summed E-state index contributed by atoms with van der Waals surface area (Å²) in [6.45, 7) is 1.90. The number of aromatic nitrogens is 3. The van der Waals surface area contributed by atoms with Gasteiger partial charge in [0, 0.05) is 35.5 Å². The lowest BCUT2D eigenvalue weighted by atomic mass is 9.96. The Hall–Kier alpha value is -2.86. The van der Waals surface area contributed by atoms with Gasteiger partial charge < -0.3 is 4.90 Å². The first-order chi connectivity index (χ1) is 12.7. The summed E-state index contributed by atoms with van der Waals surface area (Å²) in [7, 11) is 2.08. The highest BCUT2D eigenvalue weighted by molar-refractivity contribution is 5.92. The van der Waals surface area contributed by atoms with Gasteiger partial charge in [-0.3, -0.25) is 15.1 Å². The van der Waals surface area contributed by atoms with Crippen molar-refractivity contribution in [2.24, 2.45) is 5.92 Å². The zero-order valence-corrected chi connectivity index (χ0v) is 14.7. The summed E-state index contributed by atoms with van der Waals surface area (Å²) in [5.74, 6) is 0.415. The van der Waals surface area contributed by atoms with Gasteiger partial charge in [-0.2, -0.15) is 0 Å². The summed E-state index contributed by atoms with van der Waals surface area (Å²) >= 11 is 0. The maximum absolute atomic E-state index is 12.5. The molecule has 1 aromatic carbocycles. The van der Waals surface area contributed by atoms with E-state index in [9.17, 15) is 4.79 Å². The molecule has 1 aliphatic rings. The van der Waals surface area contributed by atoms with Gasteiger partial charge in [-0.1, -0.05) is 18.2 Å². The predicted molar refractivity (Wildman–Crippen MR) is 102 cm³/mol.